The third-order valence-electron chi connectivity index (χ3n) is 5.71. The first-order valence-electron chi connectivity index (χ1n) is 11.4. The van der Waals surface area contributed by atoms with Crippen LogP contribution in [0, 0.1) is 0 Å². The number of furan rings is 1. The minimum absolute atomic E-state index is 0.169. The lowest BCUT2D eigenvalue weighted by atomic mass is 9.99. The molecule has 34 heavy (non-hydrogen) atoms. The van der Waals surface area contributed by atoms with E-state index in [1.54, 1.807) is 13.2 Å². The van der Waals surface area contributed by atoms with E-state index >= 15 is 0 Å². The van der Waals surface area contributed by atoms with E-state index in [4.69, 9.17) is 19.6 Å². The standard InChI is InChI=1S/C28H30N2O4/c1-4-32-27(31)15-21-9-5-6-11-26(21)33-17-23-18-34-28-24(23)13-22(14-25(28)30(2)3)20-10-7-8-19(12-20)16-29/h5-14,18H,4,15-17,29H2,1-3H3. The van der Waals surface area contributed by atoms with Crippen LogP contribution in [0.5, 0.6) is 5.75 Å². The maximum absolute atomic E-state index is 12.0. The molecule has 0 bridgehead atoms. The first-order valence-corrected chi connectivity index (χ1v) is 11.4. The van der Waals surface area contributed by atoms with Gasteiger partial charge in [-0.3, -0.25) is 4.79 Å². The van der Waals surface area contributed by atoms with Crippen LogP contribution in [0.15, 0.2) is 71.3 Å². The van der Waals surface area contributed by atoms with Crippen molar-refractivity contribution in [2.45, 2.75) is 26.5 Å². The van der Waals surface area contributed by atoms with Gasteiger partial charge in [0.25, 0.3) is 0 Å². The number of fused-ring (bicyclic) bond motifs is 1. The van der Waals surface area contributed by atoms with Crippen LogP contribution in [0.25, 0.3) is 22.1 Å². The smallest absolute Gasteiger partial charge is 0.310 e. The van der Waals surface area contributed by atoms with Crippen molar-refractivity contribution in [1.29, 1.82) is 0 Å². The zero-order chi connectivity index (χ0) is 24.1. The highest BCUT2D eigenvalue weighted by atomic mass is 16.5. The summed E-state index contributed by atoms with van der Waals surface area (Å²) in [5, 5.41) is 0.988. The number of carbonyl (C=O) groups is 1. The molecule has 2 N–H and O–H groups in total. The fourth-order valence-corrected chi connectivity index (χ4v) is 3.97. The van der Waals surface area contributed by atoms with Crippen LogP contribution in [-0.2, 0) is 29.1 Å². The largest absolute Gasteiger partial charge is 0.488 e. The van der Waals surface area contributed by atoms with Gasteiger partial charge in [0.15, 0.2) is 5.58 Å². The van der Waals surface area contributed by atoms with Crippen molar-refractivity contribution in [3.05, 3.63) is 83.6 Å². The number of benzene rings is 3. The molecule has 4 aromatic rings. The fraction of sp³-hybridized carbons (Fsp3) is 0.250. The van der Waals surface area contributed by atoms with Gasteiger partial charge in [-0.05, 0) is 47.9 Å². The predicted octanol–water partition coefficient (Wildman–Crippen LogP) is 5.31. The Kier molecular flexibility index (Phi) is 7.18. The van der Waals surface area contributed by atoms with E-state index in [0.717, 1.165) is 44.5 Å². The fourth-order valence-electron chi connectivity index (χ4n) is 3.97. The second kappa shape index (κ2) is 10.4. The highest BCUT2D eigenvalue weighted by molar-refractivity contribution is 5.96. The Bertz CT molecular complexity index is 1290. The minimum atomic E-state index is -0.271. The molecule has 0 unspecified atom stereocenters. The van der Waals surface area contributed by atoms with Crippen LogP contribution in [0.3, 0.4) is 0 Å². The van der Waals surface area contributed by atoms with Crippen molar-refractivity contribution >= 4 is 22.6 Å². The molecule has 0 saturated heterocycles. The molecule has 0 fully saturated rings. The second-order valence-electron chi connectivity index (χ2n) is 8.31. The normalized spacial score (nSPS) is 10.9. The van der Waals surface area contributed by atoms with E-state index in [1.165, 1.54) is 0 Å². The molecule has 6 heteroatoms. The van der Waals surface area contributed by atoms with Gasteiger partial charge in [-0.15, -0.1) is 0 Å². The quantitative estimate of drug-likeness (QED) is 0.343. The summed E-state index contributed by atoms with van der Waals surface area (Å²) in [7, 11) is 4.00. The van der Waals surface area contributed by atoms with E-state index in [9.17, 15) is 4.79 Å². The molecular formula is C28H30N2O4. The number of anilines is 1. The van der Waals surface area contributed by atoms with Gasteiger partial charge in [-0.2, -0.15) is 0 Å². The summed E-state index contributed by atoms with van der Waals surface area (Å²) in [6.45, 7) is 2.96. The molecule has 0 amide bonds. The molecule has 6 nitrogen and oxygen atoms in total. The monoisotopic (exact) mass is 458 g/mol. The van der Waals surface area contributed by atoms with Gasteiger partial charge in [0.2, 0.25) is 0 Å². The number of esters is 1. The van der Waals surface area contributed by atoms with Gasteiger partial charge < -0.3 is 24.5 Å². The van der Waals surface area contributed by atoms with Crippen LogP contribution in [0.1, 0.15) is 23.6 Å². The first-order chi connectivity index (χ1) is 16.5. The Morgan fingerprint density at radius 2 is 1.82 bits per heavy atom. The molecule has 4 rings (SSSR count). The lowest BCUT2D eigenvalue weighted by Gasteiger charge is -2.16. The Balaban J connectivity index is 1.67. The van der Waals surface area contributed by atoms with Crippen LogP contribution in [0.2, 0.25) is 0 Å². The van der Waals surface area contributed by atoms with Gasteiger partial charge in [-0.25, -0.2) is 0 Å². The highest BCUT2D eigenvalue weighted by Gasteiger charge is 2.16. The maximum Gasteiger partial charge on any atom is 0.310 e. The predicted molar refractivity (Wildman–Crippen MR) is 135 cm³/mol. The van der Waals surface area contributed by atoms with Gasteiger partial charge in [0.05, 0.1) is 25.0 Å². The topological polar surface area (TPSA) is 77.9 Å². The molecule has 0 aliphatic heterocycles. The Hall–Kier alpha value is -3.77. The summed E-state index contributed by atoms with van der Waals surface area (Å²) in [6, 6.07) is 20.0. The average Bonchev–Trinajstić information content (AvgIpc) is 3.26. The summed E-state index contributed by atoms with van der Waals surface area (Å²) >= 11 is 0. The Labute approximate surface area is 199 Å². The Morgan fingerprint density at radius 3 is 2.59 bits per heavy atom. The van der Waals surface area contributed by atoms with Crippen molar-refractivity contribution in [3.8, 4) is 16.9 Å². The van der Waals surface area contributed by atoms with E-state index in [-0.39, 0.29) is 12.4 Å². The molecular weight excluding hydrogens is 428 g/mol. The number of ether oxygens (including phenoxy) is 2. The van der Waals surface area contributed by atoms with Crippen molar-refractivity contribution in [2.24, 2.45) is 5.73 Å². The molecule has 1 aromatic heterocycles. The number of rotatable bonds is 9. The van der Waals surface area contributed by atoms with Crippen LogP contribution in [-0.4, -0.2) is 26.7 Å². The number of para-hydroxylation sites is 1. The zero-order valence-corrected chi connectivity index (χ0v) is 19.8. The number of carbonyl (C=O) groups excluding carboxylic acids is 1. The van der Waals surface area contributed by atoms with Crippen molar-refractivity contribution in [3.63, 3.8) is 0 Å². The van der Waals surface area contributed by atoms with Gasteiger partial charge >= 0.3 is 5.97 Å². The summed E-state index contributed by atoms with van der Waals surface area (Å²) < 4.78 is 17.2. The average molecular weight is 459 g/mol. The summed E-state index contributed by atoms with van der Waals surface area (Å²) in [4.78, 5) is 14.0. The molecule has 176 valence electrons. The van der Waals surface area contributed by atoms with Gasteiger partial charge in [0, 0.05) is 37.2 Å². The summed E-state index contributed by atoms with van der Waals surface area (Å²) in [5.74, 6) is 0.386. The van der Waals surface area contributed by atoms with Crippen LogP contribution >= 0.6 is 0 Å². The van der Waals surface area contributed by atoms with Crippen LogP contribution < -0.4 is 15.4 Å². The third kappa shape index (κ3) is 5.07. The molecule has 3 aromatic carbocycles. The molecule has 0 atom stereocenters. The number of hydrogen-bond donors (Lipinski definition) is 1. The van der Waals surface area contributed by atoms with Gasteiger partial charge in [0.1, 0.15) is 12.4 Å². The molecule has 0 spiro atoms. The first kappa shape index (κ1) is 23.4. The van der Waals surface area contributed by atoms with E-state index in [1.807, 2.05) is 55.4 Å². The van der Waals surface area contributed by atoms with E-state index < -0.39 is 0 Å². The Morgan fingerprint density at radius 1 is 1.00 bits per heavy atom. The van der Waals surface area contributed by atoms with Gasteiger partial charge in [-0.1, -0.05) is 36.4 Å². The number of nitrogens with zero attached hydrogens (tertiary/aromatic N) is 1. The number of nitrogens with two attached hydrogens (primary N) is 1. The van der Waals surface area contributed by atoms with Crippen molar-refractivity contribution in [2.75, 3.05) is 25.6 Å². The number of hydrogen-bond acceptors (Lipinski definition) is 6. The lowest BCUT2D eigenvalue weighted by molar-refractivity contribution is -0.142. The molecule has 0 aliphatic carbocycles. The molecule has 0 aliphatic rings. The zero-order valence-electron chi connectivity index (χ0n) is 19.8. The maximum atomic E-state index is 12.0. The lowest BCUT2D eigenvalue weighted by Crippen LogP contribution is -2.09. The summed E-state index contributed by atoms with van der Waals surface area (Å²) in [5.41, 5.74) is 12.6. The third-order valence-corrected chi connectivity index (χ3v) is 5.71. The van der Waals surface area contributed by atoms with Crippen molar-refractivity contribution < 1.29 is 18.7 Å². The molecule has 1 heterocycles. The van der Waals surface area contributed by atoms with Crippen molar-refractivity contribution in [1.82, 2.24) is 0 Å². The van der Waals surface area contributed by atoms with E-state index in [0.29, 0.717) is 25.5 Å². The SMILES string of the molecule is CCOC(=O)Cc1ccccc1OCc1coc2c(N(C)C)cc(-c3cccc(CN)c3)cc12. The molecule has 0 saturated carbocycles. The minimum Gasteiger partial charge on any atom is -0.488 e. The van der Waals surface area contributed by atoms with E-state index in [2.05, 4.69) is 24.3 Å². The van der Waals surface area contributed by atoms with Crippen LogP contribution in [0.4, 0.5) is 5.69 Å². The highest BCUT2D eigenvalue weighted by Crippen LogP contribution is 2.36. The second-order valence-corrected chi connectivity index (χ2v) is 8.31. The molecule has 0 radical (unpaired) electrons. The summed E-state index contributed by atoms with van der Waals surface area (Å²) in [6.07, 6.45) is 1.91.